The molecule has 0 amide bonds. The largest absolute Gasteiger partial charge is 0.480 e. The molecule has 0 spiro atoms. The summed E-state index contributed by atoms with van der Waals surface area (Å²) in [6.07, 6.45) is 5.24. The highest BCUT2D eigenvalue weighted by atomic mass is 16.5. The average Bonchev–Trinajstić information content (AvgIpc) is 3.23. The minimum atomic E-state index is -0.607. The predicted molar refractivity (Wildman–Crippen MR) is 104 cm³/mol. The first kappa shape index (κ1) is 16.9. The van der Waals surface area contributed by atoms with Crippen molar-refractivity contribution in [2.45, 2.75) is 38.3 Å². The summed E-state index contributed by atoms with van der Waals surface area (Å²) in [6, 6.07) is 4.08. The average molecular weight is 379 g/mol. The summed E-state index contributed by atoms with van der Waals surface area (Å²) in [6.45, 7) is 3.75. The normalized spacial score (nSPS) is 21.8. The number of rotatable bonds is 4. The molecule has 0 aliphatic heterocycles. The lowest BCUT2D eigenvalue weighted by Crippen LogP contribution is -2.48. The molecule has 4 aromatic rings. The smallest absolute Gasteiger partial charge is 0.228 e. The van der Waals surface area contributed by atoms with Crippen LogP contribution in [0, 0.1) is 6.92 Å². The van der Waals surface area contributed by atoms with Gasteiger partial charge in [0, 0.05) is 29.6 Å². The van der Waals surface area contributed by atoms with Gasteiger partial charge in [-0.3, -0.25) is 4.40 Å². The summed E-state index contributed by atoms with van der Waals surface area (Å²) < 4.78 is 7.51. The molecule has 0 radical (unpaired) electrons. The maximum atomic E-state index is 9.92. The molecule has 1 fully saturated rings. The van der Waals surface area contributed by atoms with Crippen LogP contribution in [0.2, 0.25) is 0 Å². The Morgan fingerprint density at radius 2 is 2.11 bits per heavy atom. The fraction of sp³-hybridized carbons (Fsp3) is 0.368. The number of aliphatic hydroxyl groups is 1. The fourth-order valence-corrected chi connectivity index (χ4v) is 3.89. The number of ether oxygens (including phenoxy) is 1. The molecular formula is C19H21N7O2. The summed E-state index contributed by atoms with van der Waals surface area (Å²) in [5, 5.41) is 22.2. The zero-order valence-corrected chi connectivity index (χ0v) is 15.9. The van der Waals surface area contributed by atoms with Gasteiger partial charge in [0.1, 0.15) is 11.5 Å². The first-order valence-electron chi connectivity index (χ1n) is 9.17. The second-order valence-electron chi connectivity index (χ2n) is 7.62. The molecule has 0 saturated heterocycles. The molecule has 4 aromatic heterocycles. The van der Waals surface area contributed by atoms with Gasteiger partial charge in [-0.15, -0.1) is 10.2 Å². The number of aromatic nitrogens is 6. The van der Waals surface area contributed by atoms with Gasteiger partial charge in [0.25, 0.3) is 0 Å². The van der Waals surface area contributed by atoms with Crippen LogP contribution >= 0.6 is 0 Å². The SMILES string of the molecule is COc1nc(N[C@H]2C[C@](C)(O)C2)nc2[nH]cc(-c3ccc4nnc(C)n4c3)c12. The van der Waals surface area contributed by atoms with E-state index in [0.717, 1.165) is 28.0 Å². The summed E-state index contributed by atoms with van der Waals surface area (Å²) in [4.78, 5) is 12.4. The van der Waals surface area contributed by atoms with Crippen LogP contribution in [0.25, 0.3) is 27.8 Å². The lowest BCUT2D eigenvalue weighted by atomic mass is 9.77. The van der Waals surface area contributed by atoms with Gasteiger partial charge in [-0.1, -0.05) is 0 Å². The van der Waals surface area contributed by atoms with E-state index in [1.807, 2.05) is 42.8 Å². The molecule has 1 saturated carbocycles. The summed E-state index contributed by atoms with van der Waals surface area (Å²) in [7, 11) is 1.60. The van der Waals surface area contributed by atoms with E-state index in [2.05, 4.69) is 30.5 Å². The van der Waals surface area contributed by atoms with Gasteiger partial charge in [-0.05, 0) is 38.8 Å². The number of nitrogens with zero attached hydrogens (tertiary/aromatic N) is 5. The van der Waals surface area contributed by atoms with E-state index in [1.54, 1.807) is 7.11 Å². The van der Waals surface area contributed by atoms with Crippen LogP contribution in [0.5, 0.6) is 5.88 Å². The zero-order valence-electron chi connectivity index (χ0n) is 15.9. The highest BCUT2D eigenvalue weighted by molar-refractivity contribution is 5.97. The first-order valence-corrected chi connectivity index (χ1v) is 9.17. The highest BCUT2D eigenvalue weighted by Gasteiger charge is 2.38. The van der Waals surface area contributed by atoms with Crippen molar-refractivity contribution in [2.75, 3.05) is 12.4 Å². The second-order valence-corrected chi connectivity index (χ2v) is 7.62. The third-order valence-corrected chi connectivity index (χ3v) is 5.28. The van der Waals surface area contributed by atoms with Gasteiger partial charge in [0.05, 0.1) is 18.1 Å². The molecule has 4 heterocycles. The molecule has 1 aliphatic rings. The third-order valence-electron chi connectivity index (χ3n) is 5.28. The van der Waals surface area contributed by atoms with E-state index < -0.39 is 5.60 Å². The van der Waals surface area contributed by atoms with Crippen molar-refractivity contribution in [2.24, 2.45) is 0 Å². The lowest BCUT2D eigenvalue weighted by molar-refractivity contribution is -0.0236. The quantitative estimate of drug-likeness (QED) is 0.499. The molecule has 5 rings (SSSR count). The molecule has 0 bridgehead atoms. The molecule has 9 heteroatoms. The van der Waals surface area contributed by atoms with Crippen LogP contribution in [0.4, 0.5) is 5.95 Å². The molecule has 0 unspecified atom stereocenters. The van der Waals surface area contributed by atoms with E-state index in [4.69, 9.17) is 4.74 Å². The van der Waals surface area contributed by atoms with Crippen molar-refractivity contribution in [1.29, 1.82) is 0 Å². The van der Waals surface area contributed by atoms with Crippen molar-refractivity contribution < 1.29 is 9.84 Å². The van der Waals surface area contributed by atoms with Gasteiger partial charge < -0.3 is 20.1 Å². The molecule has 0 aromatic carbocycles. The second kappa shape index (κ2) is 5.90. The van der Waals surface area contributed by atoms with Crippen molar-refractivity contribution in [3.8, 4) is 17.0 Å². The third kappa shape index (κ3) is 2.66. The van der Waals surface area contributed by atoms with Gasteiger partial charge in [0.2, 0.25) is 11.8 Å². The number of hydrogen-bond acceptors (Lipinski definition) is 7. The number of anilines is 1. The number of nitrogens with one attached hydrogen (secondary N) is 2. The molecule has 28 heavy (non-hydrogen) atoms. The molecule has 9 nitrogen and oxygen atoms in total. The van der Waals surface area contributed by atoms with Gasteiger partial charge in [-0.25, -0.2) is 0 Å². The summed E-state index contributed by atoms with van der Waals surface area (Å²) in [5.41, 5.74) is 2.81. The van der Waals surface area contributed by atoms with Gasteiger partial charge in [-0.2, -0.15) is 9.97 Å². The maximum absolute atomic E-state index is 9.92. The first-order chi connectivity index (χ1) is 13.4. The van der Waals surface area contributed by atoms with E-state index >= 15 is 0 Å². The van der Waals surface area contributed by atoms with Crippen LogP contribution in [0.15, 0.2) is 24.5 Å². The Morgan fingerprint density at radius 1 is 1.29 bits per heavy atom. The summed E-state index contributed by atoms with van der Waals surface area (Å²) >= 11 is 0. The van der Waals surface area contributed by atoms with E-state index in [0.29, 0.717) is 30.3 Å². The maximum Gasteiger partial charge on any atom is 0.228 e. The molecule has 0 atom stereocenters. The minimum Gasteiger partial charge on any atom is -0.480 e. The molecule has 1 aliphatic carbocycles. The molecule has 3 N–H and O–H groups in total. The number of H-pyrrole nitrogens is 1. The lowest BCUT2D eigenvalue weighted by Gasteiger charge is -2.41. The predicted octanol–water partition coefficient (Wildman–Crippen LogP) is 2.31. The van der Waals surface area contributed by atoms with E-state index in [1.165, 1.54) is 0 Å². The van der Waals surface area contributed by atoms with Gasteiger partial charge >= 0.3 is 0 Å². The van der Waals surface area contributed by atoms with Crippen molar-refractivity contribution in [3.05, 3.63) is 30.4 Å². The Morgan fingerprint density at radius 3 is 2.86 bits per heavy atom. The van der Waals surface area contributed by atoms with E-state index in [9.17, 15) is 5.11 Å². The number of hydrogen-bond donors (Lipinski definition) is 3. The molecule has 144 valence electrons. The summed E-state index contributed by atoms with van der Waals surface area (Å²) in [5.74, 6) is 1.81. The topological polar surface area (TPSA) is 113 Å². The van der Waals surface area contributed by atoms with Crippen molar-refractivity contribution in [1.82, 2.24) is 29.5 Å². The van der Waals surface area contributed by atoms with Crippen LogP contribution in [0.1, 0.15) is 25.6 Å². The number of methoxy groups -OCH3 is 1. The number of aromatic amines is 1. The Balaban J connectivity index is 1.56. The zero-order chi connectivity index (χ0) is 19.5. The fourth-order valence-electron chi connectivity index (χ4n) is 3.89. The number of aryl methyl sites for hydroxylation is 1. The van der Waals surface area contributed by atoms with Gasteiger partial charge in [0.15, 0.2) is 5.65 Å². The number of pyridine rings is 1. The van der Waals surface area contributed by atoms with Crippen LogP contribution in [-0.4, -0.2) is 53.4 Å². The van der Waals surface area contributed by atoms with Crippen LogP contribution < -0.4 is 10.1 Å². The minimum absolute atomic E-state index is 0.158. The Labute approximate surface area is 160 Å². The Bertz CT molecular complexity index is 1190. The van der Waals surface area contributed by atoms with Crippen LogP contribution in [0.3, 0.4) is 0 Å². The van der Waals surface area contributed by atoms with E-state index in [-0.39, 0.29) is 6.04 Å². The van der Waals surface area contributed by atoms with Crippen molar-refractivity contribution >= 4 is 22.6 Å². The monoisotopic (exact) mass is 379 g/mol. The Kier molecular flexibility index (Phi) is 3.57. The standard InChI is InChI=1S/C19H21N7O2/c1-10-24-25-14-5-4-11(9-26(10)14)13-8-20-16-15(13)17(28-3)23-18(22-16)21-12-6-19(2,27)7-12/h4-5,8-9,12,27H,6-7H2,1-3H3,(H2,20,21,22,23)/t12-,19-. The molecular weight excluding hydrogens is 358 g/mol. The van der Waals surface area contributed by atoms with Crippen molar-refractivity contribution in [3.63, 3.8) is 0 Å². The van der Waals surface area contributed by atoms with Crippen LogP contribution in [-0.2, 0) is 0 Å². The number of fused-ring (bicyclic) bond motifs is 2. The Hall–Kier alpha value is -3.20. The highest BCUT2D eigenvalue weighted by Crippen LogP contribution is 2.36.